The third-order valence-corrected chi connectivity index (χ3v) is 3.57. The Labute approximate surface area is 71.5 Å². The van der Waals surface area contributed by atoms with Crippen molar-refractivity contribution in [2.45, 2.75) is 6.92 Å². The van der Waals surface area contributed by atoms with Gasteiger partial charge in [0.2, 0.25) is 0 Å². The van der Waals surface area contributed by atoms with Crippen molar-refractivity contribution in [1.29, 1.82) is 0 Å². The summed E-state index contributed by atoms with van der Waals surface area (Å²) in [7, 11) is 0. The largest absolute Gasteiger partial charge is 0.411 e. The van der Waals surface area contributed by atoms with E-state index in [0.717, 1.165) is 12.9 Å². The average molecular weight is 191 g/mol. The molecule has 0 aliphatic heterocycles. The van der Waals surface area contributed by atoms with Crippen LogP contribution in [-0.4, -0.2) is 11.4 Å². The molecule has 1 aromatic rings. The van der Waals surface area contributed by atoms with Crippen LogP contribution in [0.1, 0.15) is 9.75 Å². The molecule has 1 rings (SSSR count). The first-order valence-electron chi connectivity index (χ1n) is 2.52. The Hall–Kier alpha value is -0.260. The van der Waals surface area contributed by atoms with Crippen molar-refractivity contribution in [3.63, 3.8) is 0 Å². The minimum atomic E-state index is 0.868. The zero-order chi connectivity index (χ0) is 7.56. The number of hydrogen-bond donors (Lipinski definition) is 1. The SMILES string of the molecule is Cc1sc(=S)sc1C=NO. The van der Waals surface area contributed by atoms with Crippen molar-refractivity contribution in [2.75, 3.05) is 0 Å². The first kappa shape index (κ1) is 7.84. The molecule has 0 aliphatic rings. The summed E-state index contributed by atoms with van der Waals surface area (Å²) < 4.78 is 0.868. The zero-order valence-electron chi connectivity index (χ0n) is 5.20. The normalized spacial score (nSPS) is 10.9. The van der Waals surface area contributed by atoms with Gasteiger partial charge in [-0.3, -0.25) is 0 Å². The van der Waals surface area contributed by atoms with Crippen LogP contribution in [0, 0.1) is 10.1 Å². The molecular weight excluding hydrogens is 186 g/mol. The van der Waals surface area contributed by atoms with Gasteiger partial charge in [0, 0.05) is 4.88 Å². The van der Waals surface area contributed by atoms with Crippen molar-refractivity contribution in [3.8, 4) is 0 Å². The molecule has 1 aromatic heterocycles. The fourth-order valence-electron chi connectivity index (χ4n) is 0.527. The van der Waals surface area contributed by atoms with Crippen molar-refractivity contribution in [1.82, 2.24) is 0 Å². The molecule has 5 heteroatoms. The average Bonchev–Trinajstić information content (AvgIpc) is 2.13. The molecular formula is C5H5NOS3. The van der Waals surface area contributed by atoms with Crippen molar-refractivity contribution < 1.29 is 5.21 Å². The van der Waals surface area contributed by atoms with Crippen molar-refractivity contribution in [2.24, 2.45) is 5.16 Å². The fourth-order valence-corrected chi connectivity index (χ4v) is 3.06. The maximum Gasteiger partial charge on any atom is 0.144 e. The van der Waals surface area contributed by atoms with E-state index in [0.29, 0.717) is 0 Å². The predicted molar refractivity (Wildman–Crippen MR) is 47.1 cm³/mol. The van der Waals surface area contributed by atoms with Gasteiger partial charge in [0.1, 0.15) is 3.14 Å². The molecule has 10 heavy (non-hydrogen) atoms. The number of oxime groups is 1. The molecule has 0 spiro atoms. The van der Waals surface area contributed by atoms with Crippen LogP contribution in [0.2, 0.25) is 0 Å². The molecule has 2 nitrogen and oxygen atoms in total. The standard InChI is InChI=1S/C5H5NOS3/c1-3-4(2-6-7)10-5(8)9-3/h2,7H,1H3. The van der Waals surface area contributed by atoms with Crippen LogP contribution in [0.25, 0.3) is 0 Å². The molecule has 0 fully saturated rings. The van der Waals surface area contributed by atoms with Crippen LogP contribution in [0.15, 0.2) is 5.16 Å². The van der Waals surface area contributed by atoms with Gasteiger partial charge < -0.3 is 5.21 Å². The number of hydrogen-bond acceptors (Lipinski definition) is 5. The number of nitrogens with zero attached hydrogens (tertiary/aromatic N) is 1. The minimum Gasteiger partial charge on any atom is -0.411 e. The highest BCUT2D eigenvalue weighted by molar-refractivity contribution is 7.76. The quantitative estimate of drug-likeness (QED) is 0.320. The van der Waals surface area contributed by atoms with E-state index in [1.165, 1.54) is 17.6 Å². The Morgan fingerprint density at radius 2 is 2.30 bits per heavy atom. The first-order valence-corrected chi connectivity index (χ1v) is 4.56. The van der Waals surface area contributed by atoms with E-state index in [-0.39, 0.29) is 0 Å². The minimum absolute atomic E-state index is 0.868. The lowest BCUT2D eigenvalue weighted by Gasteiger charge is -1.81. The Balaban J connectivity index is 3.15. The summed E-state index contributed by atoms with van der Waals surface area (Å²) in [6, 6.07) is 0. The van der Waals surface area contributed by atoms with E-state index in [1.807, 2.05) is 6.92 Å². The van der Waals surface area contributed by atoms with E-state index >= 15 is 0 Å². The Bertz CT molecular complexity index is 298. The monoisotopic (exact) mass is 191 g/mol. The second-order valence-electron chi connectivity index (χ2n) is 1.62. The topological polar surface area (TPSA) is 32.6 Å². The molecule has 0 bridgehead atoms. The van der Waals surface area contributed by atoms with Crippen LogP contribution in [0.5, 0.6) is 0 Å². The third kappa shape index (κ3) is 1.62. The number of aryl methyl sites for hydroxylation is 1. The van der Waals surface area contributed by atoms with Crippen molar-refractivity contribution in [3.05, 3.63) is 12.9 Å². The van der Waals surface area contributed by atoms with Crippen LogP contribution < -0.4 is 0 Å². The summed E-state index contributed by atoms with van der Waals surface area (Å²) in [4.78, 5) is 2.05. The summed E-state index contributed by atoms with van der Waals surface area (Å²) >= 11 is 7.93. The van der Waals surface area contributed by atoms with Gasteiger partial charge in [-0.05, 0) is 6.92 Å². The zero-order valence-corrected chi connectivity index (χ0v) is 7.65. The molecule has 0 aliphatic carbocycles. The lowest BCUT2D eigenvalue weighted by Crippen LogP contribution is -1.74. The maximum atomic E-state index is 8.20. The Kier molecular flexibility index (Phi) is 2.53. The molecule has 0 atom stereocenters. The van der Waals surface area contributed by atoms with Gasteiger partial charge in [-0.25, -0.2) is 0 Å². The Morgan fingerprint density at radius 1 is 1.60 bits per heavy atom. The second-order valence-corrected chi connectivity index (χ2v) is 5.08. The summed E-state index contributed by atoms with van der Waals surface area (Å²) in [6.45, 7) is 1.95. The van der Waals surface area contributed by atoms with E-state index < -0.39 is 0 Å². The van der Waals surface area contributed by atoms with Gasteiger partial charge in [-0.1, -0.05) is 17.4 Å². The van der Waals surface area contributed by atoms with Gasteiger partial charge in [-0.2, -0.15) is 0 Å². The smallest absolute Gasteiger partial charge is 0.144 e. The second kappa shape index (κ2) is 3.23. The maximum absolute atomic E-state index is 8.20. The summed E-state index contributed by atoms with van der Waals surface area (Å²) in [5.41, 5.74) is 0. The summed E-state index contributed by atoms with van der Waals surface area (Å²) in [6.07, 6.45) is 1.41. The van der Waals surface area contributed by atoms with E-state index in [9.17, 15) is 0 Å². The highest BCUT2D eigenvalue weighted by atomic mass is 32.2. The van der Waals surface area contributed by atoms with Crippen molar-refractivity contribution >= 4 is 41.1 Å². The van der Waals surface area contributed by atoms with E-state index in [2.05, 4.69) is 5.16 Å². The lowest BCUT2D eigenvalue weighted by molar-refractivity contribution is 0.322. The Morgan fingerprint density at radius 3 is 2.70 bits per heavy atom. The predicted octanol–water partition coefficient (Wildman–Crippen LogP) is 2.66. The fraction of sp³-hybridized carbons (Fsp3) is 0.200. The number of rotatable bonds is 1. The van der Waals surface area contributed by atoms with Gasteiger partial charge in [0.05, 0.1) is 11.1 Å². The van der Waals surface area contributed by atoms with E-state index in [1.54, 1.807) is 11.3 Å². The van der Waals surface area contributed by atoms with Gasteiger partial charge in [-0.15, -0.1) is 22.7 Å². The van der Waals surface area contributed by atoms with Crippen LogP contribution in [0.3, 0.4) is 0 Å². The molecule has 0 saturated heterocycles. The van der Waals surface area contributed by atoms with Gasteiger partial charge in [0.15, 0.2) is 0 Å². The molecule has 0 saturated carbocycles. The summed E-state index contributed by atoms with van der Waals surface area (Å²) in [5, 5.41) is 11.1. The molecule has 1 N–H and O–H groups in total. The first-order chi connectivity index (χ1) is 4.74. The highest BCUT2D eigenvalue weighted by Crippen LogP contribution is 2.21. The van der Waals surface area contributed by atoms with Gasteiger partial charge >= 0.3 is 0 Å². The van der Waals surface area contributed by atoms with Crippen LogP contribution >= 0.6 is 34.9 Å². The lowest BCUT2D eigenvalue weighted by atomic mass is 10.5. The van der Waals surface area contributed by atoms with Crippen LogP contribution in [0.4, 0.5) is 0 Å². The molecule has 0 aromatic carbocycles. The van der Waals surface area contributed by atoms with E-state index in [4.69, 9.17) is 17.4 Å². The molecule has 0 unspecified atom stereocenters. The molecule has 0 amide bonds. The summed E-state index contributed by atoms with van der Waals surface area (Å²) in [5.74, 6) is 0. The molecule has 1 heterocycles. The molecule has 54 valence electrons. The van der Waals surface area contributed by atoms with Gasteiger partial charge in [0.25, 0.3) is 0 Å². The molecule has 0 radical (unpaired) electrons. The van der Waals surface area contributed by atoms with Crippen LogP contribution in [-0.2, 0) is 0 Å². The highest BCUT2D eigenvalue weighted by Gasteiger charge is 1.97. The third-order valence-electron chi connectivity index (χ3n) is 0.952.